The van der Waals surface area contributed by atoms with Gasteiger partial charge in [-0.05, 0) is 19.8 Å². The highest BCUT2D eigenvalue weighted by molar-refractivity contribution is 5.96. The number of amides is 1. The predicted octanol–water partition coefficient (Wildman–Crippen LogP) is 1.36. The Kier molecular flexibility index (Phi) is 3.68. The van der Waals surface area contributed by atoms with Gasteiger partial charge in [-0.3, -0.25) is 9.69 Å². The zero-order chi connectivity index (χ0) is 15.0. The third-order valence-corrected chi connectivity index (χ3v) is 4.34. The minimum Gasteiger partial charge on any atom is -0.360 e. The molecule has 1 amide bonds. The maximum absolute atomic E-state index is 12.7. The molecule has 2 fully saturated rings. The summed E-state index contributed by atoms with van der Waals surface area (Å²) in [6.07, 6.45) is 3.00. The lowest BCUT2D eigenvalue weighted by Gasteiger charge is -2.38. The van der Waals surface area contributed by atoms with Gasteiger partial charge in [-0.25, -0.2) is 0 Å². The van der Waals surface area contributed by atoms with Crippen LogP contribution >= 0.6 is 0 Å². The maximum Gasteiger partial charge on any atom is 0.259 e. The number of carbonyl (C=O) groups is 1. The molecule has 0 N–H and O–H groups in total. The third-order valence-electron chi connectivity index (χ3n) is 4.34. The molecule has 21 heavy (non-hydrogen) atoms. The Morgan fingerprint density at radius 1 is 1.48 bits per heavy atom. The Morgan fingerprint density at radius 2 is 2.24 bits per heavy atom. The standard InChI is InChI=1S/C15H20N4O2/c1-3-13-14(10(2)17-21-13)15(20)18-6-7-19(11-4-5-11)12(8-16)9-18/h11-12H,3-7,9H2,1-2H3. The van der Waals surface area contributed by atoms with Crippen molar-refractivity contribution in [3.63, 3.8) is 0 Å². The second kappa shape index (κ2) is 5.49. The molecule has 0 aromatic carbocycles. The highest BCUT2D eigenvalue weighted by Gasteiger charge is 2.39. The monoisotopic (exact) mass is 288 g/mol. The van der Waals surface area contributed by atoms with E-state index in [1.165, 1.54) is 12.8 Å². The molecule has 1 aromatic rings. The number of nitriles is 1. The van der Waals surface area contributed by atoms with Gasteiger partial charge in [-0.1, -0.05) is 12.1 Å². The summed E-state index contributed by atoms with van der Waals surface area (Å²) in [5.41, 5.74) is 1.21. The van der Waals surface area contributed by atoms with Crippen LogP contribution in [0.15, 0.2) is 4.52 Å². The van der Waals surface area contributed by atoms with E-state index in [2.05, 4.69) is 16.1 Å². The highest BCUT2D eigenvalue weighted by Crippen LogP contribution is 2.30. The van der Waals surface area contributed by atoms with Crippen LogP contribution in [-0.4, -0.2) is 52.6 Å². The first-order valence-electron chi connectivity index (χ1n) is 7.55. The minimum absolute atomic E-state index is 0.0544. The van der Waals surface area contributed by atoms with Crippen LogP contribution in [0.2, 0.25) is 0 Å². The minimum atomic E-state index is -0.194. The molecule has 1 atom stereocenters. The van der Waals surface area contributed by atoms with Crippen molar-refractivity contribution < 1.29 is 9.32 Å². The number of aryl methyl sites for hydroxylation is 2. The summed E-state index contributed by atoms with van der Waals surface area (Å²) in [6, 6.07) is 2.70. The van der Waals surface area contributed by atoms with Crippen molar-refractivity contribution in [3.05, 3.63) is 17.0 Å². The van der Waals surface area contributed by atoms with Crippen molar-refractivity contribution in [2.45, 2.75) is 45.2 Å². The van der Waals surface area contributed by atoms with E-state index in [0.29, 0.717) is 42.6 Å². The van der Waals surface area contributed by atoms with Crippen molar-refractivity contribution in [3.8, 4) is 6.07 Å². The van der Waals surface area contributed by atoms with E-state index >= 15 is 0 Å². The van der Waals surface area contributed by atoms with Gasteiger partial charge < -0.3 is 9.42 Å². The number of piperazine rings is 1. The van der Waals surface area contributed by atoms with Crippen LogP contribution < -0.4 is 0 Å². The van der Waals surface area contributed by atoms with Crippen molar-refractivity contribution >= 4 is 5.91 Å². The summed E-state index contributed by atoms with van der Waals surface area (Å²) in [5, 5.41) is 13.3. The fourth-order valence-electron chi connectivity index (χ4n) is 3.03. The van der Waals surface area contributed by atoms with Gasteiger partial charge in [0.25, 0.3) is 5.91 Å². The summed E-state index contributed by atoms with van der Waals surface area (Å²) in [5.74, 6) is 0.580. The molecule has 6 heteroatoms. The lowest BCUT2D eigenvalue weighted by molar-refractivity contribution is 0.0548. The van der Waals surface area contributed by atoms with Crippen LogP contribution in [0.3, 0.4) is 0 Å². The van der Waals surface area contributed by atoms with Crippen LogP contribution in [0.25, 0.3) is 0 Å². The first-order chi connectivity index (χ1) is 10.2. The first kappa shape index (κ1) is 14.1. The molecule has 0 spiro atoms. The lowest BCUT2D eigenvalue weighted by Crippen LogP contribution is -2.55. The van der Waals surface area contributed by atoms with E-state index in [1.54, 1.807) is 11.8 Å². The summed E-state index contributed by atoms with van der Waals surface area (Å²) in [6.45, 7) is 5.65. The molecule has 3 rings (SSSR count). The Balaban J connectivity index is 1.76. The van der Waals surface area contributed by atoms with E-state index in [9.17, 15) is 10.1 Å². The summed E-state index contributed by atoms with van der Waals surface area (Å²) in [4.78, 5) is 16.7. The van der Waals surface area contributed by atoms with Gasteiger partial charge in [0.1, 0.15) is 17.4 Å². The van der Waals surface area contributed by atoms with Gasteiger partial charge in [-0.15, -0.1) is 0 Å². The Labute approximate surface area is 124 Å². The summed E-state index contributed by atoms with van der Waals surface area (Å²) in [7, 11) is 0. The highest BCUT2D eigenvalue weighted by atomic mass is 16.5. The molecule has 1 aliphatic carbocycles. The number of rotatable bonds is 3. The van der Waals surface area contributed by atoms with Gasteiger partial charge in [0.15, 0.2) is 0 Å². The quantitative estimate of drug-likeness (QED) is 0.839. The van der Waals surface area contributed by atoms with Crippen LogP contribution in [0.4, 0.5) is 0 Å². The van der Waals surface area contributed by atoms with Gasteiger partial charge >= 0.3 is 0 Å². The van der Waals surface area contributed by atoms with Crippen LogP contribution in [0.1, 0.15) is 41.6 Å². The largest absolute Gasteiger partial charge is 0.360 e. The maximum atomic E-state index is 12.7. The topological polar surface area (TPSA) is 73.4 Å². The predicted molar refractivity (Wildman–Crippen MR) is 75.7 cm³/mol. The van der Waals surface area contributed by atoms with Crippen molar-refractivity contribution in [1.82, 2.24) is 15.0 Å². The molecule has 0 bridgehead atoms. The van der Waals surface area contributed by atoms with E-state index < -0.39 is 0 Å². The summed E-state index contributed by atoms with van der Waals surface area (Å²) < 4.78 is 5.21. The molecule has 112 valence electrons. The molecule has 1 aliphatic heterocycles. The molecule has 1 saturated carbocycles. The number of hydrogen-bond acceptors (Lipinski definition) is 5. The van der Waals surface area contributed by atoms with E-state index in [-0.39, 0.29) is 11.9 Å². The smallest absolute Gasteiger partial charge is 0.259 e. The van der Waals surface area contributed by atoms with Gasteiger partial charge in [-0.2, -0.15) is 5.26 Å². The first-order valence-corrected chi connectivity index (χ1v) is 7.55. The second-order valence-electron chi connectivity index (χ2n) is 5.78. The SMILES string of the molecule is CCc1onc(C)c1C(=O)N1CCN(C2CC2)C(C#N)C1. The summed E-state index contributed by atoms with van der Waals surface area (Å²) >= 11 is 0. The molecule has 1 saturated heterocycles. The van der Waals surface area contributed by atoms with Crippen LogP contribution in [0, 0.1) is 18.3 Å². The second-order valence-corrected chi connectivity index (χ2v) is 5.78. The Morgan fingerprint density at radius 3 is 2.86 bits per heavy atom. The third kappa shape index (κ3) is 2.54. The molecule has 0 radical (unpaired) electrons. The van der Waals surface area contributed by atoms with Crippen molar-refractivity contribution in [1.29, 1.82) is 5.26 Å². The molecule has 1 aromatic heterocycles. The van der Waals surface area contributed by atoms with Crippen LogP contribution in [0.5, 0.6) is 0 Å². The molecule has 2 aliphatic rings. The lowest BCUT2D eigenvalue weighted by atomic mass is 10.1. The van der Waals surface area contributed by atoms with Crippen molar-refractivity contribution in [2.24, 2.45) is 0 Å². The fourth-order valence-corrected chi connectivity index (χ4v) is 3.03. The molecule has 2 heterocycles. The van der Waals surface area contributed by atoms with E-state index in [4.69, 9.17) is 4.52 Å². The normalized spacial score (nSPS) is 23.1. The zero-order valence-electron chi connectivity index (χ0n) is 12.5. The number of nitrogens with zero attached hydrogens (tertiary/aromatic N) is 4. The molecular formula is C15H20N4O2. The van der Waals surface area contributed by atoms with Crippen LogP contribution in [-0.2, 0) is 6.42 Å². The number of carbonyl (C=O) groups excluding carboxylic acids is 1. The van der Waals surface area contributed by atoms with E-state index in [1.807, 2.05) is 6.92 Å². The van der Waals surface area contributed by atoms with Gasteiger partial charge in [0, 0.05) is 32.1 Å². The zero-order valence-corrected chi connectivity index (χ0v) is 12.5. The molecule has 1 unspecified atom stereocenters. The van der Waals surface area contributed by atoms with Gasteiger partial charge in [0.2, 0.25) is 0 Å². The average Bonchev–Trinajstić information content (AvgIpc) is 3.28. The molecule has 6 nitrogen and oxygen atoms in total. The van der Waals surface area contributed by atoms with Gasteiger partial charge in [0.05, 0.1) is 11.8 Å². The Bertz CT molecular complexity index is 585. The number of hydrogen-bond donors (Lipinski definition) is 0. The van der Waals surface area contributed by atoms with E-state index in [0.717, 1.165) is 6.54 Å². The molecular weight excluding hydrogens is 268 g/mol. The average molecular weight is 288 g/mol. The number of aromatic nitrogens is 1. The van der Waals surface area contributed by atoms with Crippen molar-refractivity contribution in [2.75, 3.05) is 19.6 Å². The fraction of sp³-hybridized carbons (Fsp3) is 0.667. The Hall–Kier alpha value is -1.87.